The van der Waals surface area contributed by atoms with E-state index in [1.807, 2.05) is 12.3 Å². The van der Waals surface area contributed by atoms with Crippen LogP contribution in [0.5, 0.6) is 0 Å². The third kappa shape index (κ3) is 3.05. The van der Waals surface area contributed by atoms with Gasteiger partial charge >= 0.3 is 5.97 Å². The molecule has 1 aliphatic rings. The molecule has 6 nitrogen and oxygen atoms in total. The van der Waals surface area contributed by atoms with E-state index in [2.05, 4.69) is 10.3 Å². The number of carboxylic acid groups (broad SMARTS) is 1. The summed E-state index contributed by atoms with van der Waals surface area (Å²) in [6.07, 6.45) is 1.43. The van der Waals surface area contributed by atoms with Gasteiger partial charge in [-0.15, -0.1) is 11.3 Å². The van der Waals surface area contributed by atoms with Gasteiger partial charge < -0.3 is 10.4 Å². The van der Waals surface area contributed by atoms with Gasteiger partial charge in [-0.25, -0.2) is 4.98 Å². The molecule has 1 saturated heterocycles. The number of carboxylic acids is 1. The lowest BCUT2D eigenvalue weighted by atomic mass is 10.2. The number of aromatic nitrogens is 1. The zero-order valence-electron chi connectivity index (χ0n) is 10.0. The Morgan fingerprint density at radius 1 is 1.67 bits per heavy atom. The van der Waals surface area contributed by atoms with Gasteiger partial charge in [0, 0.05) is 5.38 Å². The number of anilines is 1. The summed E-state index contributed by atoms with van der Waals surface area (Å²) in [7, 11) is 0. The number of thiazole rings is 1. The summed E-state index contributed by atoms with van der Waals surface area (Å²) in [5.41, 5.74) is 0.861. The fourth-order valence-electron chi connectivity index (χ4n) is 2.05. The van der Waals surface area contributed by atoms with E-state index in [4.69, 9.17) is 5.11 Å². The largest absolute Gasteiger partial charge is 0.480 e. The van der Waals surface area contributed by atoms with Gasteiger partial charge in [0.2, 0.25) is 5.91 Å². The van der Waals surface area contributed by atoms with Crippen molar-refractivity contribution in [2.75, 3.05) is 18.4 Å². The second-order valence-electron chi connectivity index (χ2n) is 4.31. The number of carbonyl (C=O) groups excluding carboxylic acids is 1. The number of aliphatic carboxylic acids is 1. The molecule has 0 radical (unpaired) electrons. The van der Waals surface area contributed by atoms with Crippen LogP contribution in [0.25, 0.3) is 0 Å². The highest BCUT2D eigenvalue weighted by Gasteiger charge is 2.31. The Balaban J connectivity index is 1.89. The van der Waals surface area contributed by atoms with E-state index >= 15 is 0 Å². The molecular formula is C11H15N3O3S. The molecule has 0 saturated carbocycles. The Morgan fingerprint density at radius 3 is 3.06 bits per heavy atom. The Bertz CT molecular complexity index is 460. The summed E-state index contributed by atoms with van der Waals surface area (Å²) in [5, 5.41) is 14.1. The minimum absolute atomic E-state index is 0.107. The molecule has 1 aromatic heterocycles. The van der Waals surface area contributed by atoms with Crippen LogP contribution >= 0.6 is 11.3 Å². The molecule has 1 fully saturated rings. The molecule has 0 aliphatic carbocycles. The first-order chi connectivity index (χ1) is 8.56. The average molecular weight is 269 g/mol. The van der Waals surface area contributed by atoms with Crippen molar-refractivity contribution in [2.24, 2.45) is 0 Å². The van der Waals surface area contributed by atoms with Crippen LogP contribution in [0.1, 0.15) is 18.5 Å². The standard InChI is InChI=1S/C11H15N3O3S/c1-7-6-18-11(12-7)13-9(15)5-14-4-2-3-8(14)10(16)17/h6,8H,2-5H2,1H3,(H,16,17)(H,12,13,15). The summed E-state index contributed by atoms with van der Waals surface area (Å²) in [5.74, 6) is -1.07. The van der Waals surface area contributed by atoms with Gasteiger partial charge in [-0.2, -0.15) is 0 Å². The summed E-state index contributed by atoms with van der Waals surface area (Å²) in [6, 6.07) is -0.534. The van der Waals surface area contributed by atoms with Crippen molar-refractivity contribution < 1.29 is 14.7 Å². The fraction of sp³-hybridized carbons (Fsp3) is 0.545. The Kier molecular flexibility index (Phi) is 3.93. The third-order valence-corrected chi connectivity index (χ3v) is 3.74. The van der Waals surface area contributed by atoms with Gasteiger partial charge in [0.25, 0.3) is 0 Å². The van der Waals surface area contributed by atoms with Crippen LogP contribution in [0.15, 0.2) is 5.38 Å². The Morgan fingerprint density at radius 2 is 2.44 bits per heavy atom. The number of nitrogens with one attached hydrogen (secondary N) is 1. The maximum atomic E-state index is 11.8. The van der Waals surface area contributed by atoms with Crippen molar-refractivity contribution in [1.29, 1.82) is 0 Å². The van der Waals surface area contributed by atoms with Crippen LogP contribution in [-0.2, 0) is 9.59 Å². The summed E-state index contributed by atoms with van der Waals surface area (Å²) < 4.78 is 0. The lowest BCUT2D eigenvalue weighted by Gasteiger charge is -2.19. The first-order valence-corrected chi connectivity index (χ1v) is 6.63. The van der Waals surface area contributed by atoms with E-state index in [9.17, 15) is 9.59 Å². The van der Waals surface area contributed by atoms with Crippen LogP contribution in [-0.4, -0.2) is 46.0 Å². The maximum Gasteiger partial charge on any atom is 0.320 e. The fourth-order valence-corrected chi connectivity index (χ4v) is 2.75. The van der Waals surface area contributed by atoms with Crippen LogP contribution in [0.4, 0.5) is 5.13 Å². The van der Waals surface area contributed by atoms with E-state index in [1.165, 1.54) is 11.3 Å². The summed E-state index contributed by atoms with van der Waals surface area (Å²) in [6.45, 7) is 2.62. The highest BCUT2D eigenvalue weighted by Crippen LogP contribution is 2.18. The predicted molar refractivity (Wildman–Crippen MR) is 67.7 cm³/mol. The van der Waals surface area contributed by atoms with Crippen LogP contribution in [0.2, 0.25) is 0 Å². The molecule has 1 unspecified atom stereocenters. The first kappa shape index (κ1) is 13.0. The quantitative estimate of drug-likeness (QED) is 0.850. The topological polar surface area (TPSA) is 82.5 Å². The highest BCUT2D eigenvalue weighted by atomic mass is 32.1. The smallest absolute Gasteiger partial charge is 0.320 e. The average Bonchev–Trinajstić information content (AvgIpc) is 2.87. The molecule has 1 aromatic rings. The van der Waals surface area contributed by atoms with Gasteiger partial charge in [-0.05, 0) is 26.3 Å². The Hall–Kier alpha value is -1.47. The van der Waals surface area contributed by atoms with Crippen LogP contribution in [0, 0.1) is 6.92 Å². The molecule has 98 valence electrons. The van der Waals surface area contributed by atoms with Crippen molar-refractivity contribution in [3.8, 4) is 0 Å². The van der Waals surface area contributed by atoms with E-state index < -0.39 is 12.0 Å². The molecule has 1 aliphatic heterocycles. The Labute approximate surface area is 109 Å². The highest BCUT2D eigenvalue weighted by molar-refractivity contribution is 7.13. The van der Waals surface area contributed by atoms with Gasteiger partial charge in [-0.1, -0.05) is 0 Å². The molecule has 2 rings (SSSR count). The molecule has 2 heterocycles. The number of amides is 1. The van der Waals surface area contributed by atoms with Crippen LogP contribution in [0.3, 0.4) is 0 Å². The number of likely N-dealkylation sites (tertiary alicyclic amines) is 1. The molecular weight excluding hydrogens is 254 g/mol. The van der Waals surface area contributed by atoms with Crippen molar-refractivity contribution in [1.82, 2.24) is 9.88 Å². The maximum absolute atomic E-state index is 11.8. The normalized spacial score (nSPS) is 19.9. The summed E-state index contributed by atoms with van der Waals surface area (Å²) >= 11 is 1.36. The van der Waals surface area contributed by atoms with Gasteiger partial charge in [0.15, 0.2) is 5.13 Å². The lowest BCUT2D eigenvalue weighted by Crippen LogP contribution is -2.40. The van der Waals surface area contributed by atoms with E-state index in [0.29, 0.717) is 18.1 Å². The molecule has 0 spiro atoms. The van der Waals surface area contributed by atoms with Crippen molar-refractivity contribution in [2.45, 2.75) is 25.8 Å². The number of aryl methyl sites for hydroxylation is 1. The SMILES string of the molecule is Cc1csc(NC(=O)CN2CCCC2C(=O)O)n1. The van der Waals surface area contributed by atoms with Gasteiger partial charge in [0.1, 0.15) is 6.04 Å². The minimum atomic E-state index is -0.856. The third-order valence-electron chi connectivity index (χ3n) is 2.86. The molecule has 7 heteroatoms. The molecule has 2 N–H and O–H groups in total. The number of hydrogen-bond donors (Lipinski definition) is 2. The first-order valence-electron chi connectivity index (χ1n) is 5.75. The molecule has 0 aromatic carbocycles. The van der Waals surface area contributed by atoms with Gasteiger partial charge in [-0.3, -0.25) is 14.5 Å². The molecule has 0 bridgehead atoms. The van der Waals surface area contributed by atoms with Gasteiger partial charge in [0.05, 0.1) is 12.2 Å². The van der Waals surface area contributed by atoms with Crippen molar-refractivity contribution in [3.05, 3.63) is 11.1 Å². The second-order valence-corrected chi connectivity index (χ2v) is 5.17. The number of rotatable bonds is 4. The number of carbonyl (C=O) groups is 2. The zero-order chi connectivity index (χ0) is 13.1. The van der Waals surface area contributed by atoms with E-state index in [0.717, 1.165) is 12.1 Å². The molecule has 18 heavy (non-hydrogen) atoms. The lowest BCUT2D eigenvalue weighted by molar-refractivity contribution is -0.142. The zero-order valence-corrected chi connectivity index (χ0v) is 10.9. The predicted octanol–water partition coefficient (Wildman–Crippen LogP) is 0.939. The van der Waals surface area contributed by atoms with E-state index in [-0.39, 0.29) is 12.5 Å². The molecule has 1 amide bonds. The van der Waals surface area contributed by atoms with Crippen molar-refractivity contribution >= 4 is 28.3 Å². The van der Waals surface area contributed by atoms with Crippen molar-refractivity contribution in [3.63, 3.8) is 0 Å². The number of hydrogen-bond acceptors (Lipinski definition) is 5. The van der Waals surface area contributed by atoms with Crippen LogP contribution < -0.4 is 5.32 Å². The number of nitrogens with zero attached hydrogens (tertiary/aromatic N) is 2. The minimum Gasteiger partial charge on any atom is -0.480 e. The monoisotopic (exact) mass is 269 g/mol. The summed E-state index contributed by atoms with van der Waals surface area (Å²) in [4.78, 5) is 28.6. The second kappa shape index (κ2) is 5.45. The molecule has 1 atom stereocenters. The van der Waals surface area contributed by atoms with E-state index in [1.54, 1.807) is 4.90 Å².